The molecule has 0 fully saturated rings. The standard InChI is InChI=1S/C16H13F3N4O4S/c17-16(18,19)15(22-23-15)9-1-3-10(4-2-9)28(25,26)21-14(24)13-11-6-8-27-12(11)5-7-20-13/h1-4,6,8,13,20H,5,7H2,(H,21,24). The molecule has 1 aromatic carbocycles. The highest BCUT2D eigenvalue weighted by molar-refractivity contribution is 7.90. The number of alkyl halides is 3. The van der Waals surface area contributed by atoms with Crippen LogP contribution in [-0.4, -0.2) is 27.0 Å². The predicted octanol–water partition coefficient (Wildman–Crippen LogP) is 2.15. The third-order valence-corrected chi connectivity index (χ3v) is 5.91. The van der Waals surface area contributed by atoms with Gasteiger partial charge in [0.1, 0.15) is 11.8 Å². The van der Waals surface area contributed by atoms with Gasteiger partial charge in [-0.1, -0.05) is 12.1 Å². The van der Waals surface area contributed by atoms with Crippen LogP contribution >= 0.6 is 0 Å². The smallest absolute Gasteiger partial charge is 0.442 e. The highest BCUT2D eigenvalue weighted by Crippen LogP contribution is 2.52. The van der Waals surface area contributed by atoms with Gasteiger partial charge in [0.25, 0.3) is 15.9 Å². The average molecular weight is 414 g/mol. The van der Waals surface area contributed by atoms with Crippen LogP contribution in [0.1, 0.15) is 22.9 Å². The van der Waals surface area contributed by atoms with Crippen molar-refractivity contribution in [1.29, 1.82) is 0 Å². The Morgan fingerprint density at radius 3 is 2.50 bits per heavy atom. The number of benzene rings is 1. The van der Waals surface area contributed by atoms with Crippen molar-refractivity contribution in [1.82, 2.24) is 10.0 Å². The van der Waals surface area contributed by atoms with E-state index in [-0.39, 0.29) is 10.5 Å². The number of halogens is 3. The number of furan rings is 1. The van der Waals surface area contributed by atoms with E-state index in [4.69, 9.17) is 4.42 Å². The van der Waals surface area contributed by atoms with Crippen LogP contribution in [0.15, 0.2) is 56.1 Å². The number of carbonyl (C=O) groups excluding carboxylic acids is 1. The fraction of sp³-hybridized carbons (Fsp3) is 0.312. The van der Waals surface area contributed by atoms with Crippen LogP contribution in [0.25, 0.3) is 0 Å². The lowest BCUT2D eigenvalue weighted by molar-refractivity contribution is -0.166. The van der Waals surface area contributed by atoms with Crippen molar-refractivity contribution in [2.75, 3.05) is 6.54 Å². The second-order valence-electron chi connectivity index (χ2n) is 6.30. The molecular weight excluding hydrogens is 401 g/mol. The second kappa shape index (κ2) is 6.14. The number of nitrogens with one attached hydrogen (secondary N) is 2. The van der Waals surface area contributed by atoms with Gasteiger partial charge in [0.2, 0.25) is 0 Å². The fourth-order valence-electron chi connectivity index (χ4n) is 3.04. The van der Waals surface area contributed by atoms with Gasteiger partial charge in [-0.3, -0.25) is 4.79 Å². The van der Waals surface area contributed by atoms with Crippen molar-refractivity contribution in [2.24, 2.45) is 10.2 Å². The van der Waals surface area contributed by atoms with Crippen molar-refractivity contribution in [3.8, 4) is 0 Å². The largest absolute Gasteiger partial charge is 0.469 e. The molecule has 8 nitrogen and oxygen atoms in total. The van der Waals surface area contributed by atoms with Gasteiger partial charge >= 0.3 is 11.8 Å². The van der Waals surface area contributed by atoms with Gasteiger partial charge in [0.15, 0.2) is 0 Å². The number of carbonyl (C=O) groups is 1. The minimum atomic E-state index is -4.71. The molecule has 1 atom stereocenters. The zero-order chi connectivity index (χ0) is 20.2. The number of hydrogen-bond donors (Lipinski definition) is 2. The van der Waals surface area contributed by atoms with Gasteiger partial charge in [-0.05, 0) is 18.2 Å². The third-order valence-electron chi connectivity index (χ3n) is 4.55. The first kappa shape index (κ1) is 18.6. The molecule has 28 heavy (non-hydrogen) atoms. The lowest BCUT2D eigenvalue weighted by atomic mass is 10.0. The van der Waals surface area contributed by atoms with Gasteiger partial charge in [-0.25, -0.2) is 13.1 Å². The van der Waals surface area contributed by atoms with E-state index >= 15 is 0 Å². The van der Waals surface area contributed by atoms with Crippen LogP contribution in [0.3, 0.4) is 0 Å². The molecule has 2 aliphatic rings. The van der Waals surface area contributed by atoms with Crippen molar-refractivity contribution in [3.63, 3.8) is 0 Å². The Balaban J connectivity index is 1.53. The molecular formula is C16H13F3N4O4S. The van der Waals surface area contributed by atoms with Crippen molar-refractivity contribution >= 4 is 15.9 Å². The van der Waals surface area contributed by atoms with Crippen LogP contribution in [0.4, 0.5) is 13.2 Å². The first-order chi connectivity index (χ1) is 13.1. The summed E-state index contributed by atoms with van der Waals surface area (Å²) in [6.07, 6.45) is -2.73. The summed E-state index contributed by atoms with van der Waals surface area (Å²) in [5.74, 6) is -0.222. The van der Waals surface area contributed by atoms with Gasteiger partial charge in [-0.2, -0.15) is 13.2 Å². The van der Waals surface area contributed by atoms with Crippen LogP contribution in [0, 0.1) is 0 Å². The number of rotatable bonds is 4. The van der Waals surface area contributed by atoms with Crippen molar-refractivity contribution in [2.45, 2.75) is 29.2 Å². The van der Waals surface area contributed by atoms with E-state index < -0.39 is 33.8 Å². The molecule has 12 heteroatoms. The van der Waals surface area contributed by atoms with Crippen LogP contribution in [0.2, 0.25) is 0 Å². The maximum Gasteiger partial charge on any atom is 0.442 e. The maximum absolute atomic E-state index is 13.0. The van der Waals surface area contributed by atoms with Crippen LogP contribution < -0.4 is 10.0 Å². The summed E-state index contributed by atoms with van der Waals surface area (Å²) < 4.78 is 71.1. The van der Waals surface area contributed by atoms with Crippen LogP contribution in [0.5, 0.6) is 0 Å². The minimum Gasteiger partial charge on any atom is -0.469 e. The highest BCUT2D eigenvalue weighted by atomic mass is 32.2. The minimum absolute atomic E-state index is 0.303. The van der Waals surface area contributed by atoms with Gasteiger partial charge in [0, 0.05) is 24.1 Å². The number of nitrogens with zero attached hydrogens (tertiary/aromatic N) is 2. The molecule has 2 N–H and O–H groups in total. The number of sulfonamides is 1. The first-order valence-corrected chi connectivity index (χ1v) is 9.60. The van der Waals surface area contributed by atoms with Gasteiger partial charge in [-0.15, -0.1) is 10.2 Å². The fourth-order valence-corrected chi connectivity index (χ4v) is 4.04. The second-order valence-corrected chi connectivity index (χ2v) is 7.98. The van der Waals surface area contributed by atoms with E-state index in [1.165, 1.54) is 6.26 Å². The lowest BCUT2D eigenvalue weighted by Crippen LogP contribution is -2.43. The van der Waals surface area contributed by atoms with Crippen molar-refractivity contribution in [3.05, 3.63) is 53.5 Å². The quantitative estimate of drug-likeness (QED) is 0.796. The zero-order valence-electron chi connectivity index (χ0n) is 14.0. The summed E-state index contributed by atoms with van der Waals surface area (Å²) in [4.78, 5) is 12.1. The van der Waals surface area contributed by atoms with E-state index in [2.05, 4.69) is 15.5 Å². The summed E-state index contributed by atoms with van der Waals surface area (Å²) in [5, 5.41) is 9.02. The Morgan fingerprint density at radius 2 is 1.89 bits per heavy atom. The molecule has 0 saturated carbocycles. The molecule has 1 unspecified atom stereocenters. The monoisotopic (exact) mass is 414 g/mol. The third kappa shape index (κ3) is 2.98. The maximum atomic E-state index is 13.0. The number of hydrogen-bond acceptors (Lipinski definition) is 7. The molecule has 148 valence electrons. The van der Waals surface area contributed by atoms with Crippen LogP contribution in [-0.2, 0) is 26.9 Å². The molecule has 1 aromatic heterocycles. The van der Waals surface area contributed by atoms with E-state index in [9.17, 15) is 26.4 Å². The van der Waals surface area contributed by atoms with Crippen molar-refractivity contribution < 1.29 is 30.8 Å². The summed E-state index contributed by atoms with van der Waals surface area (Å²) >= 11 is 0. The molecule has 2 aromatic rings. The van der Waals surface area contributed by atoms with E-state index in [0.29, 0.717) is 24.3 Å². The first-order valence-electron chi connectivity index (χ1n) is 8.12. The number of fused-ring (bicyclic) bond motifs is 1. The summed E-state index contributed by atoms with van der Waals surface area (Å²) in [6.45, 7) is 0.430. The highest BCUT2D eigenvalue weighted by Gasteiger charge is 2.65. The lowest BCUT2D eigenvalue weighted by Gasteiger charge is -2.22. The molecule has 0 radical (unpaired) electrons. The molecule has 0 saturated heterocycles. The zero-order valence-corrected chi connectivity index (χ0v) is 14.8. The Morgan fingerprint density at radius 1 is 1.21 bits per heavy atom. The van der Waals surface area contributed by atoms with E-state index in [1.807, 2.05) is 4.72 Å². The SMILES string of the molecule is O=C(NS(=O)(=O)c1ccc(C2(C(F)(F)F)N=N2)cc1)C1NCCc2occc21. The molecule has 1 amide bonds. The molecule has 0 spiro atoms. The molecule has 0 aliphatic carbocycles. The molecule has 4 rings (SSSR count). The average Bonchev–Trinajstić information content (AvgIpc) is 3.33. The van der Waals surface area contributed by atoms with E-state index in [1.54, 1.807) is 6.07 Å². The predicted molar refractivity (Wildman–Crippen MR) is 87.5 cm³/mol. The molecule has 2 aliphatic heterocycles. The summed E-state index contributed by atoms with van der Waals surface area (Å²) in [7, 11) is -4.28. The molecule has 3 heterocycles. The summed E-state index contributed by atoms with van der Waals surface area (Å²) in [6, 6.07) is 4.55. The normalized spacial score (nSPS) is 20.5. The topological polar surface area (TPSA) is 113 Å². The van der Waals surface area contributed by atoms with E-state index in [0.717, 1.165) is 24.3 Å². The summed E-state index contributed by atoms with van der Waals surface area (Å²) in [5.41, 5.74) is -2.40. The Bertz CT molecular complexity index is 1050. The van der Waals surface area contributed by atoms with Gasteiger partial charge < -0.3 is 9.73 Å². The Hall–Kier alpha value is -2.73. The number of amides is 1. The van der Waals surface area contributed by atoms with Gasteiger partial charge in [0.05, 0.1) is 11.2 Å². The Labute approximate surface area is 156 Å². The Kier molecular flexibility index (Phi) is 4.08. The molecule has 0 bridgehead atoms.